The number of carbonyl (C=O) groups is 2. The van der Waals surface area contributed by atoms with Gasteiger partial charge in [0.05, 0.1) is 0 Å². The molecule has 1 aliphatic carbocycles. The number of hydrogen-bond donors (Lipinski definition) is 1. The first-order chi connectivity index (χ1) is 10.9. The van der Waals surface area contributed by atoms with E-state index < -0.39 is 5.41 Å². The van der Waals surface area contributed by atoms with Crippen LogP contribution in [0.4, 0.5) is 5.69 Å². The Kier molecular flexibility index (Phi) is 4.15. The summed E-state index contributed by atoms with van der Waals surface area (Å²) in [4.78, 5) is 29.5. The summed E-state index contributed by atoms with van der Waals surface area (Å²) in [6.45, 7) is 7.25. The molecule has 5 heteroatoms. The fraction of sp³-hybridized carbons (Fsp3) is 0.556. The molecule has 2 fully saturated rings. The maximum Gasteiger partial charge on any atom is 0.240 e. The molecule has 0 bridgehead atoms. The molecule has 0 spiro atoms. The van der Waals surface area contributed by atoms with Gasteiger partial charge in [-0.2, -0.15) is 0 Å². The predicted octanol–water partition coefficient (Wildman–Crippen LogP) is 1.80. The minimum atomic E-state index is -0.825. The summed E-state index contributed by atoms with van der Waals surface area (Å²) < 4.78 is 0. The first-order valence-electron chi connectivity index (χ1n) is 8.29. The number of nitrogens with one attached hydrogen (secondary N) is 1. The highest BCUT2D eigenvalue weighted by atomic mass is 16.2. The molecule has 1 aliphatic heterocycles. The molecular weight excluding hydrogens is 290 g/mol. The second-order valence-electron chi connectivity index (χ2n) is 6.93. The molecule has 0 radical (unpaired) electrons. The summed E-state index contributed by atoms with van der Waals surface area (Å²) in [6, 6.07) is 5.85. The molecule has 0 unspecified atom stereocenters. The normalized spacial score (nSPS) is 20.2. The lowest BCUT2D eigenvalue weighted by Gasteiger charge is -2.34. The molecule has 1 N–H and O–H groups in total. The van der Waals surface area contributed by atoms with E-state index in [2.05, 4.69) is 17.3 Å². The minimum absolute atomic E-state index is 0.00642. The van der Waals surface area contributed by atoms with Crippen LogP contribution in [0.2, 0.25) is 0 Å². The summed E-state index contributed by atoms with van der Waals surface area (Å²) in [5, 5.41) is 2.94. The van der Waals surface area contributed by atoms with Crippen LogP contribution in [0, 0.1) is 19.3 Å². The Morgan fingerprint density at radius 3 is 2.26 bits per heavy atom. The van der Waals surface area contributed by atoms with E-state index in [1.165, 1.54) is 5.56 Å². The first kappa shape index (κ1) is 16.0. The van der Waals surface area contributed by atoms with E-state index in [1.54, 1.807) is 0 Å². The van der Waals surface area contributed by atoms with Gasteiger partial charge in [0.2, 0.25) is 11.8 Å². The summed E-state index contributed by atoms with van der Waals surface area (Å²) in [7, 11) is 2.06. The molecule has 1 aromatic rings. The van der Waals surface area contributed by atoms with Crippen molar-refractivity contribution in [2.75, 3.05) is 38.5 Å². The molecule has 1 heterocycles. The number of rotatable bonds is 3. The number of piperazine rings is 1. The zero-order valence-corrected chi connectivity index (χ0v) is 14.2. The van der Waals surface area contributed by atoms with Gasteiger partial charge in [-0.15, -0.1) is 0 Å². The average molecular weight is 315 g/mol. The van der Waals surface area contributed by atoms with Crippen LogP contribution in [0.1, 0.15) is 24.0 Å². The van der Waals surface area contributed by atoms with Crippen molar-refractivity contribution in [2.45, 2.75) is 26.7 Å². The summed E-state index contributed by atoms with van der Waals surface area (Å²) >= 11 is 0. The van der Waals surface area contributed by atoms with E-state index in [9.17, 15) is 9.59 Å². The number of anilines is 1. The van der Waals surface area contributed by atoms with Gasteiger partial charge in [0.1, 0.15) is 5.41 Å². The highest BCUT2D eigenvalue weighted by molar-refractivity contribution is 6.13. The molecular formula is C18H25N3O2. The van der Waals surface area contributed by atoms with Crippen molar-refractivity contribution in [3.05, 3.63) is 29.3 Å². The molecule has 23 heavy (non-hydrogen) atoms. The number of carbonyl (C=O) groups excluding carboxylic acids is 2. The van der Waals surface area contributed by atoms with Crippen LogP contribution in [0.3, 0.4) is 0 Å². The molecule has 124 valence electrons. The van der Waals surface area contributed by atoms with Crippen LogP contribution in [-0.4, -0.2) is 54.8 Å². The zero-order valence-electron chi connectivity index (χ0n) is 14.2. The van der Waals surface area contributed by atoms with E-state index >= 15 is 0 Å². The van der Waals surface area contributed by atoms with E-state index in [0.29, 0.717) is 25.9 Å². The van der Waals surface area contributed by atoms with Crippen molar-refractivity contribution in [2.24, 2.45) is 5.41 Å². The lowest BCUT2D eigenvalue weighted by Crippen LogP contribution is -2.51. The van der Waals surface area contributed by atoms with Crippen molar-refractivity contribution >= 4 is 17.5 Å². The fourth-order valence-corrected chi connectivity index (χ4v) is 3.05. The Bertz CT molecular complexity index is 629. The zero-order chi connectivity index (χ0) is 16.6. The molecule has 1 aromatic carbocycles. The number of likely N-dealkylation sites (N-methyl/N-ethyl adjacent to an activating group) is 1. The number of hydrogen-bond acceptors (Lipinski definition) is 3. The van der Waals surface area contributed by atoms with Crippen LogP contribution in [0.25, 0.3) is 0 Å². The number of nitrogens with zero attached hydrogens (tertiary/aromatic N) is 2. The van der Waals surface area contributed by atoms with E-state index in [1.807, 2.05) is 36.9 Å². The van der Waals surface area contributed by atoms with Crippen molar-refractivity contribution in [3.63, 3.8) is 0 Å². The van der Waals surface area contributed by atoms with Crippen molar-refractivity contribution in [3.8, 4) is 0 Å². The summed E-state index contributed by atoms with van der Waals surface area (Å²) in [5.74, 6) is -0.142. The number of aryl methyl sites for hydroxylation is 2. The predicted molar refractivity (Wildman–Crippen MR) is 90.3 cm³/mol. The molecule has 1 saturated heterocycles. The molecule has 3 rings (SSSR count). The molecule has 2 aliphatic rings. The Balaban J connectivity index is 1.68. The maximum absolute atomic E-state index is 12.8. The van der Waals surface area contributed by atoms with Gasteiger partial charge in [-0.3, -0.25) is 9.59 Å². The third-order valence-electron chi connectivity index (χ3n) is 5.15. The SMILES string of the molecule is Cc1ccc(NC(=O)C2(C(=O)N3CCN(C)CC3)CC2)cc1C. The van der Waals surface area contributed by atoms with Gasteiger partial charge >= 0.3 is 0 Å². The van der Waals surface area contributed by atoms with E-state index in [0.717, 1.165) is 24.3 Å². The first-order valence-corrected chi connectivity index (χ1v) is 8.29. The molecule has 5 nitrogen and oxygen atoms in total. The summed E-state index contributed by atoms with van der Waals surface area (Å²) in [6.07, 6.45) is 1.32. The second kappa shape index (κ2) is 5.96. The van der Waals surface area contributed by atoms with Crippen molar-refractivity contribution in [1.29, 1.82) is 0 Å². The van der Waals surface area contributed by atoms with Crippen LogP contribution in [0.15, 0.2) is 18.2 Å². The van der Waals surface area contributed by atoms with E-state index in [4.69, 9.17) is 0 Å². The Morgan fingerprint density at radius 2 is 1.70 bits per heavy atom. The topological polar surface area (TPSA) is 52.7 Å². The van der Waals surface area contributed by atoms with E-state index in [-0.39, 0.29) is 11.8 Å². The van der Waals surface area contributed by atoms with Crippen molar-refractivity contribution in [1.82, 2.24) is 9.80 Å². The van der Waals surface area contributed by atoms with Gasteiger partial charge < -0.3 is 15.1 Å². The largest absolute Gasteiger partial charge is 0.339 e. The molecule has 0 atom stereocenters. The fourth-order valence-electron chi connectivity index (χ4n) is 3.05. The van der Waals surface area contributed by atoms with Crippen LogP contribution >= 0.6 is 0 Å². The van der Waals surface area contributed by atoms with Crippen LogP contribution in [-0.2, 0) is 9.59 Å². The Morgan fingerprint density at radius 1 is 1.04 bits per heavy atom. The van der Waals surface area contributed by atoms with Crippen LogP contribution in [0.5, 0.6) is 0 Å². The number of amides is 2. The smallest absolute Gasteiger partial charge is 0.240 e. The maximum atomic E-state index is 12.8. The summed E-state index contributed by atoms with van der Waals surface area (Å²) in [5.41, 5.74) is 2.28. The van der Waals surface area contributed by atoms with Gasteiger partial charge in [0.15, 0.2) is 0 Å². The molecule has 2 amide bonds. The third kappa shape index (κ3) is 3.11. The lowest BCUT2D eigenvalue weighted by atomic mass is 10.0. The average Bonchev–Trinajstić information content (AvgIpc) is 3.33. The monoisotopic (exact) mass is 315 g/mol. The van der Waals surface area contributed by atoms with Gasteiger partial charge in [-0.05, 0) is 57.0 Å². The number of benzene rings is 1. The van der Waals surface area contributed by atoms with Crippen molar-refractivity contribution < 1.29 is 9.59 Å². The van der Waals surface area contributed by atoms with Gasteiger partial charge in [0, 0.05) is 31.9 Å². The lowest BCUT2D eigenvalue weighted by molar-refractivity contribution is -0.143. The van der Waals surface area contributed by atoms with Crippen LogP contribution < -0.4 is 5.32 Å². The third-order valence-corrected chi connectivity index (χ3v) is 5.15. The Labute approximate surface area is 137 Å². The van der Waals surface area contributed by atoms with Gasteiger partial charge in [-0.1, -0.05) is 6.07 Å². The Hall–Kier alpha value is -1.88. The quantitative estimate of drug-likeness (QED) is 0.865. The highest BCUT2D eigenvalue weighted by Gasteiger charge is 2.58. The molecule has 0 aromatic heterocycles. The van der Waals surface area contributed by atoms with Gasteiger partial charge in [0.25, 0.3) is 0 Å². The minimum Gasteiger partial charge on any atom is -0.339 e. The second-order valence-corrected chi connectivity index (χ2v) is 6.93. The molecule has 1 saturated carbocycles. The van der Waals surface area contributed by atoms with Gasteiger partial charge in [-0.25, -0.2) is 0 Å². The highest BCUT2D eigenvalue weighted by Crippen LogP contribution is 2.48. The standard InChI is InChI=1S/C18H25N3O2/c1-13-4-5-15(12-14(13)2)19-16(22)18(6-7-18)17(23)21-10-8-20(3)9-11-21/h4-5,12H,6-11H2,1-3H3,(H,19,22).